The summed E-state index contributed by atoms with van der Waals surface area (Å²) in [6.07, 6.45) is 1.65. The van der Waals surface area contributed by atoms with E-state index in [-0.39, 0.29) is 31.1 Å². The molecule has 1 aliphatic heterocycles. The number of carbonyl (C=O) groups excluding carboxylic acids is 2. The van der Waals surface area contributed by atoms with Crippen LogP contribution in [0.2, 0.25) is 0 Å². The van der Waals surface area contributed by atoms with Gasteiger partial charge in [-0.2, -0.15) is 0 Å². The van der Waals surface area contributed by atoms with Crippen molar-refractivity contribution in [2.75, 3.05) is 5.32 Å². The lowest BCUT2D eigenvalue weighted by Gasteiger charge is -2.31. The Morgan fingerprint density at radius 2 is 2.04 bits per heavy atom. The van der Waals surface area contributed by atoms with E-state index in [1.807, 2.05) is 13.8 Å². The Kier molecular flexibility index (Phi) is 4.50. The second-order valence-electron chi connectivity index (χ2n) is 6.77. The summed E-state index contributed by atoms with van der Waals surface area (Å²) in [5.74, 6) is 0.156. The number of aromatic nitrogens is 2. The number of aryl methyl sites for hydroxylation is 1. The van der Waals surface area contributed by atoms with Crippen LogP contribution in [0, 0.1) is 0 Å². The molecule has 0 spiro atoms. The molecule has 0 saturated carbocycles. The van der Waals surface area contributed by atoms with Crippen LogP contribution in [0.3, 0.4) is 0 Å². The zero-order valence-corrected chi connectivity index (χ0v) is 14.5. The third-order valence-electron chi connectivity index (χ3n) is 4.01. The number of amides is 1. The van der Waals surface area contributed by atoms with Crippen LogP contribution >= 0.6 is 0 Å². The van der Waals surface area contributed by atoms with E-state index in [1.165, 1.54) is 16.8 Å². The molecule has 0 aliphatic carbocycles. The number of nitrogens with zero attached hydrogens (tertiary/aromatic N) is 1. The molecule has 0 atom stereocenters. The summed E-state index contributed by atoms with van der Waals surface area (Å²) in [5, 5.41) is 2.70. The Bertz CT molecular complexity index is 987. The van der Waals surface area contributed by atoms with Crippen molar-refractivity contribution in [3.63, 3.8) is 0 Å². The van der Waals surface area contributed by atoms with Crippen LogP contribution in [0.4, 0.5) is 5.69 Å². The number of ether oxygens (including phenoxy) is 1. The lowest BCUT2D eigenvalue weighted by molar-refractivity contribution is -0.116. The predicted octanol–water partition coefficient (Wildman–Crippen LogP) is 1.31. The van der Waals surface area contributed by atoms with Crippen molar-refractivity contribution in [1.82, 2.24) is 9.55 Å². The second-order valence-corrected chi connectivity index (χ2v) is 6.77. The van der Waals surface area contributed by atoms with E-state index in [4.69, 9.17) is 4.74 Å². The monoisotopic (exact) mass is 357 g/mol. The number of hydrogen-bond donors (Lipinski definition) is 2. The number of carbonyl (C=O) groups is 2. The van der Waals surface area contributed by atoms with Crippen LogP contribution in [0.5, 0.6) is 5.75 Å². The summed E-state index contributed by atoms with van der Waals surface area (Å²) in [6.45, 7) is 3.83. The average Bonchev–Trinajstić information content (AvgIpc) is 2.54. The van der Waals surface area contributed by atoms with Crippen LogP contribution in [-0.2, 0) is 11.3 Å². The number of hydrogen-bond acceptors (Lipinski definition) is 5. The Labute approximate surface area is 148 Å². The SMILES string of the molecule is CC1(C)CC(=O)c2cc(NC(=O)CCn3ccc(=O)[nH]c3=O)ccc2O1. The highest BCUT2D eigenvalue weighted by Gasteiger charge is 2.32. The van der Waals surface area contributed by atoms with Crippen molar-refractivity contribution in [3.8, 4) is 5.75 Å². The smallest absolute Gasteiger partial charge is 0.328 e. The van der Waals surface area contributed by atoms with E-state index >= 15 is 0 Å². The number of aromatic amines is 1. The van der Waals surface area contributed by atoms with E-state index in [2.05, 4.69) is 10.3 Å². The highest BCUT2D eigenvalue weighted by Crippen LogP contribution is 2.34. The van der Waals surface area contributed by atoms with Gasteiger partial charge in [0.2, 0.25) is 5.91 Å². The Morgan fingerprint density at radius 3 is 2.77 bits per heavy atom. The first-order chi connectivity index (χ1) is 12.2. The Morgan fingerprint density at radius 1 is 1.27 bits per heavy atom. The van der Waals surface area contributed by atoms with Gasteiger partial charge in [-0.15, -0.1) is 0 Å². The van der Waals surface area contributed by atoms with Gasteiger partial charge >= 0.3 is 5.69 Å². The molecule has 2 heterocycles. The maximum Gasteiger partial charge on any atom is 0.328 e. The van der Waals surface area contributed by atoms with Gasteiger partial charge in [-0.25, -0.2) is 4.79 Å². The molecular weight excluding hydrogens is 338 g/mol. The number of anilines is 1. The summed E-state index contributed by atoms with van der Waals surface area (Å²) >= 11 is 0. The molecule has 0 bridgehead atoms. The quantitative estimate of drug-likeness (QED) is 0.857. The van der Waals surface area contributed by atoms with Crippen molar-refractivity contribution in [3.05, 3.63) is 56.9 Å². The first-order valence-electron chi connectivity index (χ1n) is 8.19. The van der Waals surface area contributed by atoms with Crippen molar-refractivity contribution in [2.24, 2.45) is 0 Å². The van der Waals surface area contributed by atoms with E-state index in [1.54, 1.807) is 18.2 Å². The maximum absolute atomic E-state index is 12.3. The summed E-state index contributed by atoms with van der Waals surface area (Å²) in [6, 6.07) is 6.14. The van der Waals surface area contributed by atoms with E-state index in [0.29, 0.717) is 17.0 Å². The summed E-state index contributed by atoms with van der Waals surface area (Å²) < 4.78 is 7.02. The van der Waals surface area contributed by atoms with Gasteiger partial charge in [-0.05, 0) is 32.0 Å². The van der Waals surface area contributed by atoms with Crippen molar-refractivity contribution in [1.29, 1.82) is 0 Å². The highest BCUT2D eigenvalue weighted by molar-refractivity contribution is 6.02. The van der Waals surface area contributed by atoms with Gasteiger partial charge in [0.1, 0.15) is 11.4 Å². The van der Waals surface area contributed by atoms with Crippen LogP contribution in [-0.4, -0.2) is 26.8 Å². The molecule has 0 unspecified atom stereocenters. The topological polar surface area (TPSA) is 110 Å². The number of nitrogens with one attached hydrogen (secondary N) is 2. The maximum atomic E-state index is 12.3. The van der Waals surface area contributed by atoms with Gasteiger partial charge in [0.25, 0.3) is 5.56 Å². The number of H-pyrrole nitrogens is 1. The number of benzene rings is 1. The predicted molar refractivity (Wildman–Crippen MR) is 94.7 cm³/mol. The molecule has 1 amide bonds. The van der Waals surface area contributed by atoms with E-state index in [0.717, 1.165) is 0 Å². The summed E-state index contributed by atoms with van der Waals surface area (Å²) in [4.78, 5) is 49.1. The van der Waals surface area contributed by atoms with Gasteiger partial charge in [0.05, 0.1) is 12.0 Å². The first-order valence-corrected chi connectivity index (χ1v) is 8.19. The second kappa shape index (κ2) is 6.62. The molecule has 2 aromatic rings. The standard InChI is InChI=1S/C18H19N3O5/c1-18(2)10-13(22)12-9-11(3-4-14(12)26-18)19-15(23)5-7-21-8-6-16(24)20-17(21)25/h3-4,6,8-9H,5,7,10H2,1-2H3,(H,19,23)(H,20,24,25). The van der Waals surface area contributed by atoms with Gasteiger partial charge in [0, 0.05) is 30.9 Å². The number of Topliss-reactive ketones (excluding diaryl/α,β-unsaturated/α-hetero) is 1. The van der Waals surface area contributed by atoms with Crippen LogP contribution < -0.4 is 21.3 Å². The lowest BCUT2D eigenvalue weighted by atomic mass is 9.93. The highest BCUT2D eigenvalue weighted by atomic mass is 16.5. The minimum atomic E-state index is -0.565. The normalized spacial score (nSPS) is 15.1. The van der Waals surface area contributed by atoms with Crippen molar-refractivity contribution < 1.29 is 14.3 Å². The molecule has 3 rings (SSSR count). The molecule has 0 radical (unpaired) electrons. The third-order valence-corrected chi connectivity index (χ3v) is 4.01. The molecule has 8 heteroatoms. The third kappa shape index (κ3) is 3.90. The lowest BCUT2D eigenvalue weighted by Crippen LogP contribution is -2.35. The fourth-order valence-corrected chi connectivity index (χ4v) is 2.80. The van der Waals surface area contributed by atoms with E-state index in [9.17, 15) is 19.2 Å². The van der Waals surface area contributed by atoms with Gasteiger partial charge in [-0.1, -0.05) is 0 Å². The zero-order valence-electron chi connectivity index (χ0n) is 14.5. The molecule has 0 fully saturated rings. The van der Waals surface area contributed by atoms with Crippen molar-refractivity contribution in [2.45, 2.75) is 38.8 Å². The van der Waals surface area contributed by atoms with Crippen LogP contribution in [0.25, 0.3) is 0 Å². The average molecular weight is 357 g/mol. The van der Waals surface area contributed by atoms with Crippen LogP contribution in [0.1, 0.15) is 37.0 Å². The molecule has 26 heavy (non-hydrogen) atoms. The molecule has 0 saturated heterocycles. The molecule has 1 aromatic heterocycles. The Hall–Kier alpha value is -3.16. The molecule has 1 aromatic carbocycles. The summed E-state index contributed by atoms with van der Waals surface area (Å²) in [5.41, 5.74) is -0.666. The number of ketones is 1. The van der Waals surface area contributed by atoms with Crippen molar-refractivity contribution >= 4 is 17.4 Å². The van der Waals surface area contributed by atoms with E-state index < -0.39 is 16.9 Å². The molecule has 8 nitrogen and oxygen atoms in total. The van der Waals surface area contributed by atoms with Gasteiger partial charge in [0.15, 0.2) is 5.78 Å². The zero-order chi connectivity index (χ0) is 18.9. The molecule has 1 aliphatic rings. The minimum absolute atomic E-state index is 0.0351. The fraction of sp³-hybridized carbons (Fsp3) is 0.333. The molecular formula is C18H19N3O5. The minimum Gasteiger partial charge on any atom is -0.487 e. The van der Waals surface area contributed by atoms with Crippen LogP contribution in [0.15, 0.2) is 40.1 Å². The fourth-order valence-electron chi connectivity index (χ4n) is 2.80. The van der Waals surface area contributed by atoms with Gasteiger partial charge < -0.3 is 14.6 Å². The number of fused-ring (bicyclic) bond motifs is 1. The molecule has 2 N–H and O–H groups in total. The summed E-state index contributed by atoms with van der Waals surface area (Å²) in [7, 11) is 0. The van der Waals surface area contributed by atoms with Gasteiger partial charge in [-0.3, -0.25) is 19.4 Å². The molecule has 136 valence electrons. The number of rotatable bonds is 4. The largest absolute Gasteiger partial charge is 0.487 e. The Balaban J connectivity index is 1.67. The first kappa shape index (κ1) is 17.7.